The van der Waals surface area contributed by atoms with E-state index in [0.717, 1.165) is 0 Å². The molecule has 2 saturated heterocycles. The van der Waals surface area contributed by atoms with Gasteiger partial charge in [-0.15, -0.1) is 0 Å². The van der Waals surface area contributed by atoms with Crippen molar-refractivity contribution in [2.75, 3.05) is 50.1 Å². The second-order valence-electron chi connectivity index (χ2n) is 6.27. The maximum atomic E-state index is 14.5. The van der Waals surface area contributed by atoms with Crippen LogP contribution in [0.25, 0.3) is 0 Å². The van der Waals surface area contributed by atoms with E-state index < -0.39 is 23.3 Å². The molecule has 0 spiro atoms. The Morgan fingerprint density at radius 1 is 1.35 bits per heavy atom. The Morgan fingerprint density at radius 3 is 2.65 bits per heavy atom. The summed E-state index contributed by atoms with van der Waals surface area (Å²) in [5.74, 6) is -0.593. The second kappa shape index (κ2) is 7.02. The number of hydrogen-bond acceptors (Lipinski definition) is 4. The standard InChI is InChI=1S/C16H19FN4O4S/c1-18-5-6-20(14(18)22)13-4-3-10(7-12(13)17)21-9-11(25-15(21)23)8-19(2)16(24)26/h3-4,7,11H,5-6,8-9H2,1-2H3,(H,24,26)/t11-/m1/s1. The summed E-state index contributed by atoms with van der Waals surface area (Å²) in [7, 11) is 3.20. The Hall–Kier alpha value is -2.49. The molecule has 0 bridgehead atoms. The summed E-state index contributed by atoms with van der Waals surface area (Å²) in [6, 6.07) is 3.99. The van der Waals surface area contributed by atoms with Crippen LogP contribution in [-0.2, 0) is 4.74 Å². The number of halogens is 1. The third kappa shape index (κ3) is 3.41. The second-order valence-corrected chi connectivity index (χ2v) is 6.65. The van der Waals surface area contributed by atoms with Gasteiger partial charge in [0.15, 0.2) is 0 Å². The molecule has 2 aliphatic heterocycles. The first kappa shape index (κ1) is 18.3. The van der Waals surface area contributed by atoms with Crippen LogP contribution in [0, 0.1) is 5.82 Å². The van der Waals surface area contributed by atoms with E-state index in [1.165, 1.54) is 31.7 Å². The third-order valence-electron chi connectivity index (χ3n) is 4.43. The van der Waals surface area contributed by atoms with Gasteiger partial charge < -0.3 is 14.5 Å². The minimum Gasteiger partial charge on any atom is -0.442 e. The molecule has 1 aromatic rings. The van der Waals surface area contributed by atoms with Gasteiger partial charge >= 0.3 is 12.1 Å². The van der Waals surface area contributed by atoms with Crippen molar-refractivity contribution in [3.8, 4) is 0 Å². The molecule has 10 heteroatoms. The van der Waals surface area contributed by atoms with Crippen molar-refractivity contribution >= 4 is 41.4 Å². The van der Waals surface area contributed by atoms with Crippen LogP contribution in [0.5, 0.6) is 0 Å². The maximum absolute atomic E-state index is 14.5. The number of urea groups is 1. The zero-order valence-corrected chi connectivity index (χ0v) is 15.3. The van der Waals surface area contributed by atoms with Crippen molar-refractivity contribution in [2.24, 2.45) is 0 Å². The number of thiol groups is 1. The molecule has 26 heavy (non-hydrogen) atoms. The van der Waals surface area contributed by atoms with Gasteiger partial charge in [0.2, 0.25) is 0 Å². The molecule has 8 nitrogen and oxygen atoms in total. The van der Waals surface area contributed by atoms with Gasteiger partial charge in [-0.1, -0.05) is 12.6 Å². The number of carbonyl (C=O) groups is 3. The summed E-state index contributed by atoms with van der Waals surface area (Å²) in [6.07, 6.45) is -1.14. The van der Waals surface area contributed by atoms with Gasteiger partial charge in [-0.2, -0.15) is 0 Å². The van der Waals surface area contributed by atoms with Crippen LogP contribution in [0.15, 0.2) is 18.2 Å². The van der Waals surface area contributed by atoms with Crippen molar-refractivity contribution in [3.63, 3.8) is 0 Å². The number of rotatable bonds is 4. The number of hydrogen-bond donors (Lipinski definition) is 1. The molecule has 2 aliphatic rings. The highest BCUT2D eigenvalue weighted by Crippen LogP contribution is 2.29. The Kier molecular flexibility index (Phi) is 4.94. The molecule has 0 aliphatic carbocycles. The minimum atomic E-state index is -0.612. The number of cyclic esters (lactones) is 1. The molecule has 0 N–H and O–H groups in total. The van der Waals surface area contributed by atoms with Gasteiger partial charge in [-0.05, 0) is 18.2 Å². The number of amides is 4. The maximum Gasteiger partial charge on any atom is 0.414 e. The average molecular weight is 382 g/mol. The van der Waals surface area contributed by atoms with E-state index in [0.29, 0.717) is 18.8 Å². The lowest BCUT2D eigenvalue weighted by Gasteiger charge is -2.19. The lowest BCUT2D eigenvalue weighted by molar-refractivity contribution is 0.124. The van der Waals surface area contributed by atoms with E-state index in [1.807, 2.05) is 0 Å². The van der Waals surface area contributed by atoms with Crippen molar-refractivity contribution < 1.29 is 23.5 Å². The molecule has 0 unspecified atom stereocenters. The van der Waals surface area contributed by atoms with Crippen molar-refractivity contribution in [1.82, 2.24) is 9.80 Å². The van der Waals surface area contributed by atoms with E-state index in [1.54, 1.807) is 20.2 Å². The average Bonchev–Trinajstić information content (AvgIpc) is 3.10. The van der Waals surface area contributed by atoms with Gasteiger partial charge in [-0.3, -0.25) is 14.6 Å². The number of ether oxygens (including phenoxy) is 1. The molecule has 140 valence electrons. The van der Waals surface area contributed by atoms with Gasteiger partial charge in [0.05, 0.1) is 24.5 Å². The van der Waals surface area contributed by atoms with Crippen LogP contribution < -0.4 is 9.80 Å². The van der Waals surface area contributed by atoms with Gasteiger partial charge in [0.1, 0.15) is 11.9 Å². The SMILES string of the molecule is CN(C[C@@H]1CN(c2ccc(N3CCN(C)C3=O)c(F)c2)C(=O)O1)C(=O)S. The molecular formula is C16H19FN4O4S. The smallest absolute Gasteiger partial charge is 0.414 e. The topological polar surface area (TPSA) is 73.4 Å². The fraction of sp³-hybridized carbons (Fsp3) is 0.438. The highest BCUT2D eigenvalue weighted by Gasteiger charge is 2.34. The largest absolute Gasteiger partial charge is 0.442 e. The quantitative estimate of drug-likeness (QED) is 0.809. The third-order valence-corrected chi connectivity index (χ3v) is 4.77. The molecule has 1 aromatic carbocycles. The first-order valence-corrected chi connectivity index (χ1v) is 8.47. The van der Waals surface area contributed by atoms with E-state index >= 15 is 0 Å². The minimum absolute atomic E-state index is 0.174. The predicted molar refractivity (Wildman–Crippen MR) is 96.4 cm³/mol. The van der Waals surface area contributed by atoms with Gasteiger partial charge in [0.25, 0.3) is 5.24 Å². The highest BCUT2D eigenvalue weighted by molar-refractivity contribution is 7.96. The number of anilines is 2. The first-order valence-electron chi connectivity index (χ1n) is 8.02. The molecule has 0 saturated carbocycles. The van der Waals surface area contributed by atoms with E-state index in [-0.39, 0.29) is 24.8 Å². The lowest BCUT2D eigenvalue weighted by Crippen LogP contribution is -2.33. The molecule has 0 aromatic heterocycles. The van der Waals surface area contributed by atoms with Gasteiger partial charge in [0, 0.05) is 27.2 Å². The summed E-state index contributed by atoms with van der Waals surface area (Å²) < 4.78 is 19.8. The molecule has 1 atom stereocenters. The van der Waals surface area contributed by atoms with E-state index in [2.05, 4.69) is 12.6 Å². The van der Waals surface area contributed by atoms with E-state index in [9.17, 15) is 18.8 Å². The molecule has 0 radical (unpaired) electrons. The van der Waals surface area contributed by atoms with Crippen molar-refractivity contribution in [3.05, 3.63) is 24.0 Å². The predicted octanol–water partition coefficient (Wildman–Crippen LogP) is 2.00. The van der Waals surface area contributed by atoms with Gasteiger partial charge in [-0.25, -0.2) is 14.0 Å². The summed E-state index contributed by atoms with van der Waals surface area (Å²) in [4.78, 5) is 40.7. The number of carbonyl (C=O) groups excluding carboxylic acids is 3. The van der Waals surface area contributed by atoms with E-state index in [4.69, 9.17) is 4.74 Å². The van der Waals surface area contributed by atoms with Crippen molar-refractivity contribution in [2.45, 2.75) is 6.10 Å². The summed E-state index contributed by atoms with van der Waals surface area (Å²) in [5, 5.41) is -0.435. The molecule has 3 rings (SSSR count). The normalized spacial score (nSPS) is 20.0. The number of likely N-dealkylation sites (N-methyl/N-ethyl adjacent to an activating group) is 2. The summed E-state index contributed by atoms with van der Waals surface area (Å²) in [5.41, 5.74) is 0.506. The fourth-order valence-electron chi connectivity index (χ4n) is 2.96. The van der Waals surface area contributed by atoms with Crippen LogP contribution in [0.4, 0.5) is 30.1 Å². The molecular weight excluding hydrogens is 363 g/mol. The zero-order chi connectivity index (χ0) is 19.0. The Balaban J connectivity index is 1.74. The van der Waals surface area contributed by atoms with Crippen LogP contribution in [-0.4, -0.2) is 73.5 Å². The summed E-state index contributed by atoms with van der Waals surface area (Å²) in [6.45, 7) is 1.31. The number of benzene rings is 1. The lowest BCUT2D eigenvalue weighted by atomic mass is 10.2. The number of nitrogens with zero attached hydrogens (tertiary/aromatic N) is 4. The van der Waals surface area contributed by atoms with Crippen LogP contribution in [0.1, 0.15) is 0 Å². The monoisotopic (exact) mass is 382 g/mol. The Bertz CT molecular complexity index is 762. The van der Waals surface area contributed by atoms with Crippen LogP contribution in [0.2, 0.25) is 0 Å². The van der Waals surface area contributed by atoms with Crippen molar-refractivity contribution in [1.29, 1.82) is 0 Å². The fourth-order valence-corrected chi connectivity index (χ4v) is 3.05. The molecule has 4 amide bonds. The highest BCUT2D eigenvalue weighted by atomic mass is 32.1. The van der Waals surface area contributed by atoms with Crippen LogP contribution in [0.3, 0.4) is 0 Å². The molecule has 2 heterocycles. The first-order chi connectivity index (χ1) is 12.3. The Morgan fingerprint density at radius 2 is 2.08 bits per heavy atom. The summed E-state index contributed by atoms with van der Waals surface area (Å²) >= 11 is 3.71. The molecule has 2 fully saturated rings. The Labute approximate surface area is 155 Å². The van der Waals surface area contributed by atoms with Crippen LogP contribution >= 0.6 is 12.6 Å². The zero-order valence-electron chi connectivity index (χ0n) is 14.4.